The van der Waals surface area contributed by atoms with Gasteiger partial charge in [-0.05, 0) is 44.9 Å². The van der Waals surface area contributed by atoms with Crippen LogP contribution in [0.1, 0.15) is 52.3 Å². The molecule has 0 radical (unpaired) electrons. The number of hydrogen-bond acceptors (Lipinski definition) is 8. The minimum Gasteiger partial charge on any atom is -0.378 e. The molecule has 6 N–H and O–H groups in total. The number of aromatic nitrogens is 2. The summed E-state index contributed by atoms with van der Waals surface area (Å²) < 4.78 is 28.4. The molecule has 9 nitrogen and oxygen atoms in total. The van der Waals surface area contributed by atoms with E-state index in [0.717, 1.165) is 17.7 Å². The van der Waals surface area contributed by atoms with Crippen LogP contribution in [0, 0.1) is 11.6 Å². The minimum atomic E-state index is -0.903. The van der Waals surface area contributed by atoms with Crippen molar-refractivity contribution in [3.63, 3.8) is 0 Å². The Morgan fingerprint density at radius 1 is 1.11 bits per heavy atom. The number of nitrogens with two attached hydrogens (primary N) is 1. The van der Waals surface area contributed by atoms with E-state index in [1.165, 1.54) is 23.6 Å². The smallest absolute Gasteiger partial charge is 0.254 e. The van der Waals surface area contributed by atoms with Gasteiger partial charge in [0.15, 0.2) is 5.13 Å². The van der Waals surface area contributed by atoms with E-state index in [2.05, 4.69) is 31.2 Å². The molecule has 12 heteroatoms. The lowest BCUT2D eigenvalue weighted by Crippen LogP contribution is -2.45. The van der Waals surface area contributed by atoms with Gasteiger partial charge in [0.1, 0.15) is 17.5 Å². The molecule has 1 saturated carbocycles. The Balaban J connectivity index is 1.33. The molecule has 0 bridgehead atoms. The topological polar surface area (TPSA) is 134 Å². The lowest BCUT2D eigenvalue weighted by atomic mass is 10.1. The molecule has 0 spiro atoms. The largest absolute Gasteiger partial charge is 0.378 e. The van der Waals surface area contributed by atoms with E-state index < -0.39 is 23.1 Å². The number of carbonyl (C=O) groups is 2. The standard InChI is InChI=1S/C24H27F2N7O2S/c1-24(2,27)12-31-21(34)13-3-6-20(29-9-13)33-23-30-11-15(36-23)10-28-19-7-16(17(25)8-18(19)26)22(35)32-14-4-5-14/h3,6-9,11,14,28H,4-5,10,12,27H2,1-2H3,(H,31,34)(H,32,35)(H,29,30,33). The molecular weight excluding hydrogens is 488 g/mol. The molecular formula is C24H27F2N7O2S. The van der Waals surface area contributed by atoms with Crippen LogP contribution in [0.5, 0.6) is 0 Å². The lowest BCUT2D eigenvalue weighted by molar-refractivity contribution is 0.0938. The summed E-state index contributed by atoms with van der Waals surface area (Å²) in [5.41, 5.74) is 5.58. The van der Waals surface area contributed by atoms with E-state index in [0.29, 0.717) is 29.1 Å². The number of carbonyl (C=O) groups excluding carboxylic acids is 2. The van der Waals surface area contributed by atoms with Crippen LogP contribution in [0.4, 0.5) is 25.4 Å². The third kappa shape index (κ3) is 6.95. The van der Waals surface area contributed by atoms with Crippen molar-refractivity contribution in [3.8, 4) is 0 Å². The highest BCUT2D eigenvalue weighted by Gasteiger charge is 2.26. The molecule has 0 saturated heterocycles. The number of benzene rings is 1. The van der Waals surface area contributed by atoms with Crippen LogP contribution in [0.2, 0.25) is 0 Å². The Hall–Kier alpha value is -3.64. The van der Waals surface area contributed by atoms with E-state index in [4.69, 9.17) is 5.73 Å². The SMILES string of the molecule is CC(C)(N)CNC(=O)c1ccc(Nc2ncc(CNc3cc(C(=O)NC4CC4)c(F)cc3F)s2)nc1. The molecule has 0 atom stereocenters. The fraction of sp³-hybridized carbons (Fsp3) is 0.333. The summed E-state index contributed by atoms with van der Waals surface area (Å²) in [7, 11) is 0. The summed E-state index contributed by atoms with van der Waals surface area (Å²) in [4.78, 5) is 33.7. The van der Waals surface area contributed by atoms with E-state index in [9.17, 15) is 18.4 Å². The van der Waals surface area contributed by atoms with Gasteiger partial charge in [0.25, 0.3) is 11.8 Å². The highest BCUT2D eigenvalue weighted by atomic mass is 32.1. The molecule has 2 amide bonds. The number of rotatable bonds is 10. The fourth-order valence-electron chi connectivity index (χ4n) is 3.10. The Bertz CT molecular complexity index is 1250. The molecule has 1 aromatic carbocycles. The van der Waals surface area contributed by atoms with E-state index in [-0.39, 0.29) is 29.7 Å². The number of halogens is 2. The van der Waals surface area contributed by atoms with Crippen molar-refractivity contribution >= 4 is 39.8 Å². The average Bonchev–Trinajstić information content (AvgIpc) is 3.52. The van der Waals surface area contributed by atoms with E-state index in [1.54, 1.807) is 18.3 Å². The molecule has 3 aromatic rings. The van der Waals surface area contributed by atoms with Crippen molar-refractivity contribution in [2.75, 3.05) is 17.2 Å². The van der Waals surface area contributed by atoms with Crippen LogP contribution in [-0.4, -0.2) is 39.9 Å². The first-order valence-electron chi connectivity index (χ1n) is 11.4. The van der Waals surface area contributed by atoms with Crippen LogP contribution in [0.25, 0.3) is 0 Å². The monoisotopic (exact) mass is 515 g/mol. The predicted octanol–water partition coefficient (Wildman–Crippen LogP) is 3.53. The summed E-state index contributed by atoms with van der Waals surface area (Å²) >= 11 is 1.31. The molecule has 2 aromatic heterocycles. The number of pyridine rings is 1. The zero-order chi connectivity index (χ0) is 25.9. The molecule has 4 rings (SSSR count). The summed E-state index contributed by atoms with van der Waals surface area (Å²) in [6, 6.07) is 5.24. The molecule has 190 valence electrons. The summed E-state index contributed by atoms with van der Waals surface area (Å²) in [6.07, 6.45) is 4.79. The second-order valence-electron chi connectivity index (χ2n) is 9.27. The van der Waals surface area contributed by atoms with Gasteiger partial charge in [0.05, 0.1) is 23.4 Å². The maximum atomic E-state index is 14.3. The number of nitrogens with one attached hydrogen (secondary N) is 4. The van der Waals surface area contributed by atoms with Crippen molar-refractivity contribution in [1.82, 2.24) is 20.6 Å². The molecule has 0 aliphatic heterocycles. The Labute approximate surface area is 210 Å². The summed E-state index contributed by atoms with van der Waals surface area (Å²) in [6.45, 7) is 4.19. The van der Waals surface area contributed by atoms with Crippen molar-refractivity contribution in [2.45, 2.75) is 44.8 Å². The molecule has 1 aliphatic carbocycles. The second kappa shape index (κ2) is 10.5. The van der Waals surface area contributed by atoms with Crippen LogP contribution < -0.4 is 27.0 Å². The zero-order valence-corrected chi connectivity index (χ0v) is 20.6. The maximum absolute atomic E-state index is 14.3. The summed E-state index contributed by atoms with van der Waals surface area (Å²) in [5.74, 6) is -2.02. The Morgan fingerprint density at radius 2 is 1.89 bits per heavy atom. The van der Waals surface area contributed by atoms with Crippen molar-refractivity contribution in [2.24, 2.45) is 5.73 Å². The minimum absolute atomic E-state index is 0.0220. The molecule has 1 aliphatic rings. The van der Waals surface area contributed by atoms with Crippen molar-refractivity contribution in [1.29, 1.82) is 0 Å². The highest BCUT2D eigenvalue weighted by molar-refractivity contribution is 7.15. The van der Waals surface area contributed by atoms with Crippen LogP contribution in [0.3, 0.4) is 0 Å². The quantitative estimate of drug-likeness (QED) is 0.279. The van der Waals surface area contributed by atoms with Crippen molar-refractivity contribution in [3.05, 3.63) is 64.3 Å². The van der Waals surface area contributed by atoms with Crippen LogP contribution >= 0.6 is 11.3 Å². The normalized spacial score (nSPS) is 13.2. The average molecular weight is 516 g/mol. The van der Waals surface area contributed by atoms with Gasteiger partial charge in [-0.3, -0.25) is 9.59 Å². The van der Waals surface area contributed by atoms with Crippen LogP contribution in [-0.2, 0) is 6.54 Å². The second-order valence-corrected chi connectivity index (χ2v) is 10.4. The van der Waals surface area contributed by atoms with Gasteiger partial charge in [0.2, 0.25) is 0 Å². The number of hydrogen-bond donors (Lipinski definition) is 5. The first-order chi connectivity index (χ1) is 17.1. The van der Waals surface area contributed by atoms with E-state index >= 15 is 0 Å². The van der Waals surface area contributed by atoms with Gasteiger partial charge in [-0.1, -0.05) is 11.3 Å². The molecule has 36 heavy (non-hydrogen) atoms. The number of amides is 2. The van der Waals surface area contributed by atoms with Gasteiger partial charge in [-0.15, -0.1) is 0 Å². The van der Waals surface area contributed by atoms with Crippen LogP contribution in [0.15, 0.2) is 36.7 Å². The van der Waals surface area contributed by atoms with Gasteiger partial charge in [0, 0.05) is 41.5 Å². The maximum Gasteiger partial charge on any atom is 0.254 e. The third-order valence-electron chi connectivity index (χ3n) is 5.19. The third-order valence-corrected chi connectivity index (χ3v) is 6.10. The van der Waals surface area contributed by atoms with Gasteiger partial charge >= 0.3 is 0 Å². The number of nitrogens with zero attached hydrogens (tertiary/aromatic N) is 2. The van der Waals surface area contributed by atoms with Crippen molar-refractivity contribution < 1.29 is 18.4 Å². The Morgan fingerprint density at radius 3 is 2.56 bits per heavy atom. The Kier molecular flexibility index (Phi) is 7.45. The molecule has 0 unspecified atom stereocenters. The first kappa shape index (κ1) is 25.5. The molecule has 1 fully saturated rings. The van der Waals surface area contributed by atoms with Gasteiger partial charge in [-0.2, -0.15) is 0 Å². The number of anilines is 3. The van der Waals surface area contributed by atoms with Gasteiger partial charge in [-0.25, -0.2) is 18.7 Å². The zero-order valence-electron chi connectivity index (χ0n) is 19.8. The fourth-order valence-corrected chi connectivity index (χ4v) is 3.86. The van der Waals surface area contributed by atoms with Gasteiger partial charge < -0.3 is 27.0 Å². The first-order valence-corrected chi connectivity index (χ1v) is 12.2. The highest BCUT2D eigenvalue weighted by Crippen LogP contribution is 2.25. The number of thiazole rings is 1. The predicted molar refractivity (Wildman–Crippen MR) is 134 cm³/mol. The summed E-state index contributed by atoms with van der Waals surface area (Å²) in [5, 5.41) is 11.9. The lowest BCUT2D eigenvalue weighted by Gasteiger charge is -2.18. The molecule has 2 heterocycles. The van der Waals surface area contributed by atoms with E-state index in [1.807, 2.05) is 13.8 Å².